The van der Waals surface area contributed by atoms with Gasteiger partial charge in [-0.3, -0.25) is 9.59 Å². The van der Waals surface area contributed by atoms with Crippen LogP contribution in [-0.4, -0.2) is 38.0 Å². The van der Waals surface area contributed by atoms with Crippen LogP contribution in [0.25, 0.3) is 0 Å². The van der Waals surface area contributed by atoms with Crippen molar-refractivity contribution in [2.24, 2.45) is 5.92 Å². The van der Waals surface area contributed by atoms with Crippen LogP contribution in [0.3, 0.4) is 0 Å². The van der Waals surface area contributed by atoms with E-state index in [1.54, 1.807) is 7.05 Å². The number of amides is 2. The lowest BCUT2D eigenvalue weighted by Crippen LogP contribution is -2.42. The first kappa shape index (κ1) is 19.3. The van der Waals surface area contributed by atoms with Crippen molar-refractivity contribution in [2.75, 3.05) is 25.0 Å². The van der Waals surface area contributed by atoms with E-state index < -0.39 is 17.6 Å². The molecular formula is C15H20ClF2N3O2. The number of halogens is 3. The van der Waals surface area contributed by atoms with Gasteiger partial charge in [-0.1, -0.05) is 0 Å². The van der Waals surface area contributed by atoms with Gasteiger partial charge < -0.3 is 15.5 Å². The smallest absolute Gasteiger partial charge is 0.239 e. The molecule has 2 unspecified atom stereocenters. The molecule has 2 rings (SSSR count). The first-order valence-corrected chi connectivity index (χ1v) is 7.15. The number of anilines is 1. The van der Waals surface area contributed by atoms with Crippen LogP contribution >= 0.6 is 12.4 Å². The maximum atomic E-state index is 13.3. The molecule has 0 spiro atoms. The first-order valence-electron chi connectivity index (χ1n) is 7.15. The largest absolute Gasteiger partial charge is 0.354 e. The Bertz CT molecular complexity index is 586. The van der Waals surface area contributed by atoms with E-state index >= 15 is 0 Å². The van der Waals surface area contributed by atoms with Crippen molar-refractivity contribution in [2.45, 2.75) is 19.4 Å². The van der Waals surface area contributed by atoms with E-state index in [4.69, 9.17) is 0 Å². The van der Waals surface area contributed by atoms with Gasteiger partial charge in [-0.15, -0.1) is 12.4 Å². The van der Waals surface area contributed by atoms with Crippen molar-refractivity contribution in [1.82, 2.24) is 10.6 Å². The molecule has 0 saturated carbocycles. The summed E-state index contributed by atoms with van der Waals surface area (Å²) in [5.74, 6) is -3.48. The van der Waals surface area contributed by atoms with E-state index in [2.05, 4.69) is 10.6 Å². The maximum absolute atomic E-state index is 13.3. The summed E-state index contributed by atoms with van der Waals surface area (Å²) in [5.41, 5.74) is 0.266. The number of carbonyl (C=O) groups excluding carboxylic acids is 2. The summed E-state index contributed by atoms with van der Waals surface area (Å²) in [5, 5.41) is 5.70. The monoisotopic (exact) mass is 347 g/mol. The molecule has 1 aromatic rings. The number of nitrogens with zero attached hydrogens (tertiary/aromatic N) is 1. The molecule has 5 nitrogen and oxygen atoms in total. The van der Waals surface area contributed by atoms with Crippen molar-refractivity contribution in [3.8, 4) is 0 Å². The average molecular weight is 348 g/mol. The molecule has 1 aromatic carbocycles. The van der Waals surface area contributed by atoms with Gasteiger partial charge in [-0.2, -0.15) is 0 Å². The zero-order valence-electron chi connectivity index (χ0n) is 12.9. The van der Waals surface area contributed by atoms with Crippen molar-refractivity contribution in [3.05, 3.63) is 29.8 Å². The standard InChI is InChI=1S/C15H19F2N3O2.ClH/c1-9(18-2)8-19-14(21)11-5-6-20(15(11)22)10-3-4-12(16)13(17)7-10;/h3-4,7,9,11,18H,5-6,8H2,1-2H3,(H,19,21);1H. The molecule has 0 bridgehead atoms. The Morgan fingerprint density at radius 3 is 2.70 bits per heavy atom. The number of hydrogen-bond acceptors (Lipinski definition) is 3. The second-order valence-corrected chi connectivity index (χ2v) is 5.36. The molecule has 1 aliphatic heterocycles. The highest BCUT2D eigenvalue weighted by Gasteiger charge is 2.37. The molecule has 23 heavy (non-hydrogen) atoms. The summed E-state index contributed by atoms with van der Waals surface area (Å²) in [6.07, 6.45) is 0.359. The van der Waals surface area contributed by atoms with Crippen molar-refractivity contribution in [3.63, 3.8) is 0 Å². The van der Waals surface area contributed by atoms with Gasteiger partial charge in [-0.05, 0) is 32.5 Å². The molecule has 1 saturated heterocycles. The van der Waals surface area contributed by atoms with Crippen LogP contribution in [0.5, 0.6) is 0 Å². The summed E-state index contributed by atoms with van der Waals surface area (Å²) in [6, 6.07) is 3.37. The fraction of sp³-hybridized carbons (Fsp3) is 0.467. The quantitative estimate of drug-likeness (QED) is 0.793. The fourth-order valence-corrected chi connectivity index (χ4v) is 2.31. The van der Waals surface area contributed by atoms with Gasteiger partial charge >= 0.3 is 0 Å². The molecule has 2 atom stereocenters. The van der Waals surface area contributed by atoms with Crippen LogP contribution in [-0.2, 0) is 9.59 Å². The fourth-order valence-electron chi connectivity index (χ4n) is 2.31. The zero-order valence-corrected chi connectivity index (χ0v) is 13.8. The average Bonchev–Trinajstić information content (AvgIpc) is 2.89. The Morgan fingerprint density at radius 1 is 1.39 bits per heavy atom. The van der Waals surface area contributed by atoms with Gasteiger partial charge in [0.2, 0.25) is 11.8 Å². The van der Waals surface area contributed by atoms with E-state index in [-0.39, 0.29) is 36.0 Å². The number of carbonyl (C=O) groups is 2. The highest BCUT2D eigenvalue weighted by atomic mass is 35.5. The van der Waals surface area contributed by atoms with Crippen molar-refractivity contribution in [1.29, 1.82) is 0 Å². The topological polar surface area (TPSA) is 61.4 Å². The molecule has 1 heterocycles. The van der Waals surface area contributed by atoms with Crippen LogP contribution < -0.4 is 15.5 Å². The van der Waals surface area contributed by atoms with E-state index in [1.807, 2.05) is 6.92 Å². The molecule has 128 valence electrons. The molecule has 0 aliphatic carbocycles. The summed E-state index contributed by atoms with van der Waals surface area (Å²) < 4.78 is 26.2. The number of rotatable bonds is 5. The molecule has 0 radical (unpaired) electrons. The van der Waals surface area contributed by atoms with Crippen LogP contribution in [0.15, 0.2) is 18.2 Å². The molecular weight excluding hydrogens is 328 g/mol. The minimum absolute atomic E-state index is 0. The van der Waals surface area contributed by atoms with Crippen LogP contribution in [0.2, 0.25) is 0 Å². The molecule has 2 N–H and O–H groups in total. The third-order valence-corrected chi connectivity index (χ3v) is 3.81. The first-order chi connectivity index (χ1) is 10.4. The second-order valence-electron chi connectivity index (χ2n) is 5.36. The molecule has 1 aliphatic rings. The second kappa shape index (κ2) is 8.21. The highest BCUT2D eigenvalue weighted by molar-refractivity contribution is 6.09. The van der Waals surface area contributed by atoms with E-state index in [0.717, 1.165) is 12.1 Å². The Hall–Kier alpha value is -1.73. The number of hydrogen-bond donors (Lipinski definition) is 2. The highest BCUT2D eigenvalue weighted by Crippen LogP contribution is 2.26. The maximum Gasteiger partial charge on any atom is 0.239 e. The Balaban J connectivity index is 0.00000264. The van der Waals surface area contributed by atoms with Crippen molar-refractivity contribution < 1.29 is 18.4 Å². The summed E-state index contributed by atoms with van der Waals surface area (Å²) in [6.45, 7) is 2.64. The van der Waals surface area contributed by atoms with Gasteiger partial charge in [-0.25, -0.2) is 8.78 Å². The van der Waals surface area contributed by atoms with E-state index in [9.17, 15) is 18.4 Å². The lowest BCUT2D eigenvalue weighted by Gasteiger charge is -2.17. The third kappa shape index (κ3) is 4.39. The van der Waals surface area contributed by atoms with Gasteiger partial charge in [0, 0.05) is 30.9 Å². The summed E-state index contributed by atoms with van der Waals surface area (Å²) in [7, 11) is 1.78. The minimum atomic E-state index is -1.01. The minimum Gasteiger partial charge on any atom is -0.354 e. The predicted molar refractivity (Wildman–Crippen MR) is 85.6 cm³/mol. The molecule has 2 amide bonds. The van der Waals surface area contributed by atoms with Crippen LogP contribution in [0.1, 0.15) is 13.3 Å². The molecule has 8 heteroatoms. The Kier molecular flexibility index (Phi) is 6.90. The normalized spacial score (nSPS) is 18.5. The number of benzene rings is 1. The van der Waals surface area contributed by atoms with Crippen molar-refractivity contribution >= 4 is 29.9 Å². The SMILES string of the molecule is CNC(C)CNC(=O)C1CCN(c2ccc(F)c(F)c2)C1=O.Cl. The zero-order chi connectivity index (χ0) is 16.3. The van der Waals surface area contributed by atoms with Gasteiger partial charge in [0.15, 0.2) is 11.6 Å². The Morgan fingerprint density at radius 2 is 2.09 bits per heavy atom. The number of nitrogens with one attached hydrogen (secondary N) is 2. The summed E-state index contributed by atoms with van der Waals surface area (Å²) >= 11 is 0. The van der Waals surface area contributed by atoms with Gasteiger partial charge in [0.05, 0.1) is 0 Å². The lowest BCUT2D eigenvalue weighted by molar-refractivity contribution is -0.132. The van der Waals surface area contributed by atoms with Crippen LogP contribution in [0.4, 0.5) is 14.5 Å². The van der Waals surface area contributed by atoms with E-state index in [1.165, 1.54) is 11.0 Å². The lowest BCUT2D eigenvalue weighted by atomic mass is 10.1. The summed E-state index contributed by atoms with van der Waals surface area (Å²) in [4.78, 5) is 25.7. The van der Waals surface area contributed by atoms with Gasteiger partial charge in [0.1, 0.15) is 5.92 Å². The number of likely N-dealkylation sites (N-methyl/N-ethyl adjacent to an activating group) is 1. The van der Waals surface area contributed by atoms with Crippen LogP contribution in [0, 0.1) is 17.6 Å². The van der Waals surface area contributed by atoms with Gasteiger partial charge in [0.25, 0.3) is 0 Å². The Labute approximate surface area is 139 Å². The predicted octanol–water partition coefficient (Wildman–Crippen LogP) is 1.46. The third-order valence-electron chi connectivity index (χ3n) is 3.81. The molecule has 0 aromatic heterocycles. The molecule has 1 fully saturated rings. The van der Waals surface area contributed by atoms with E-state index in [0.29, 0.717) is 19.5 Å².